The van der Waals surface area contributed by atoms with Gasteiger partial charge < -0.3 is 15.8 Å². The largest absolute Gasteiger partial charge is 0.476 e. The van der Waals surface area contributed by atoms with Crippen molar-refractivity contribution in [1.82, 2.24) is 4.98 Å². The van der Waals surface area contributed by atoms with Gasteiger partial charge >= 0.3 is 0 Å². The molecule has 0 saturated heterocycles. The summed E-state index contributed by atoms with van der Waals surface area (Å²) in [7, 11) is 0. The standard InChI is InChI=1S/C15H19N3OS/c1-10-6-7-20-13(10)8-17-14-5-4-12(16)15(18-14)19-9-11-2-3-11/h4-7,11H,2-3,8-9,16H2,1H3,(H,17,18). The maximum Gasteiger partial charge on any atom is 0.239 e. The topological polar surface area (TPSA) is 60.2 Å². The molecule has 1 aliphatic carbocycles. The SMILES string of the molecule is Cc1ccsc1CNc1ccc(N)c(OCC2CC2)n1. The first-order valence-electron chi connectivity index (χ1n) is 6.88. The molecule has 0 aliphatic heterocycles. The number of aryl methyl sites for hydroxylation is 1. The number of nitrogen functional groups attached to an aromatic ring is 1. The first kappa shape index (κ1) is 13.2. The molecule has 0 radical (unpaired) electrons. The van der Waals surface area contributed by atoms with Crippen molar-refractivity contribution in [3.05, 3.63) is 34.0 Å². The van der Waals surface area contributed by atoms with E-state index in [-0.39, 0.29) is 0 Å². The molecule has 1 aliphatic rings. The van der Waals surface area contributed by atoms with E-state index in [1.54, 1.807) is 11.3 Å². The van der Waals surface area contributed by atoms with Crippen molar-refractivity contribution in [2.24, 2.45) is 5.92 Å². The first-order valence-corrected chi connectivity index (χ1v) is 7.76. The summed E-state index contributed by atoms with van der Waals surface area (Å²) in [6.07, 6.45) is 2.52. The second kappa shape index (κ2) is 5.71. The van der Waals surface area contributed by atoms with Crippen LogP contribution in [0.3, 0.4) is 0 Å². The molecule has 0 unspecified atom stereocenters. The third-order valence-corrected chi connectivity index (χ3v) is 4.46. The van der Waals surface area contributed by atoms with Gasteiger partial charge in [-0.1, -0.05) is 0 Å². The Morgan fingerprint density at radius 2 is 2.25 bits per heavy atom. The molecule has 0 atom stereocenters. The van der Waals surface area contributed by atoms with Crippen LogP contribution < -0.4 is 15.8 Å². The van der Waals surface area contributed by atoms with Crippen molar-refractivity contribution < 1.29 is 4.74 Å². The lowest BCUT2D eigenvalue weighted by molar-refractivity contribution is 0.290. The molecule has 2 aromatic rings. The lowest BCUT2D eigenvalue weighted by Crippen LogP contribution is -2.06. The van der Waals surface area contributed by atoms with Gasteiger partial charge in [0, 0.05) is 4.88 Å². The monoisotopic (exact) mass is 289 g/mol. The quantitative estimate of drug-likeness (QED) is 0.855. The van der Waals surface area contributed by atoms with E-state index in [2.05, 4.69) is 28.7 Å². The van der Waals surface area contributed by atoms with Gasteiger partial charge in [-0.3, -0.25) is 0 Å². The van der Waals surface area contributed by atoms with Crippen LogP contribution in [-0.4, -0.2) is 11.6 Å². The fourth-order valence-electron chi connectivity index (χ4n) is 1.90. The smallest absolute Gasteiger partial charge is 0.239 e. The van der Waals surface area contributed by atoms with Gasteiger partial charge in [0.15, 0.2) is 0 Å². The van der Waals surface area contributed by atoms with Crippen LogP contribution in [0.25, 0.3) is 0 Å². The predicted octanol–water partition coefficient (Wildman–Crippen LogP) is 3.43. The Morgan fingerprint density at radius 1 is 1.40 bits per heavy atom. The van der Waals surface area contributed by atoms with Crippen LogP contribution >= 0.6 is 11.3 Å². The molecule has 0 aromatic carbocycles. The summed E-state index contributed by atoms with van der Waals surface area (Å²) >= 11 is 1.75. The van der Waals surface area contributed by atoms with Crippen LogP contribution in [0.1, 0.15) is 23.3 Å². The van der Waals surface area contributed by atoms with Crippen molar-refractivity contribution >= 4 is 22.8 Å². The summed E-state index contributed by atoms with van der Waals surface area (Å²) in [6, 6.07) is 5.86. The number of nitrogens with one attached hydrogen (secondary N) is 1. The van der Waals surface area contributed by atoms with Gasteiger partial charge in [0.2, 0.25) is 5.88 Å². The van der Waals surface area contributed by atoms with Crippen molar-refractivity contribution in [2.45, 2.75) is 26.3 Å². The minimum atomic E-state index is 0.546. The number of hydrogen-bond acceptors (Lipinski definition) is 5. The van der Waals surface area contributed by atoms with E-state index >= 15 is 0 Å². The number of pyridine rings is 1. The Balaban J connectivity index is 1.63. The van der Waals surface area contributed by atoms with Crippen LogP contribution in [0.4, 0.5) is 11.5 Å². The van der Waals surface area contributed by atoms with Gasteiger partial charge in [-0.25, -0.2) is 0 Å². The number of rotatable bonds is 6. The number of aromatic nitrogens is 1. The third-order valence-electron chi connectivity index (χ3n) is 3.44. The average Bonchev–Trinajstić information content (AvgIpc) is 3.18. The number of anilines is 2. The van der Waals surface area contributed by atoms with E-state index in [1.165, 1.54) is 23.3 Å². The van der Waals surface area contributed by atoms with Gasteiger partial charge in [-0.05, 0) is 54.8 Å². The summed E-state index contributed by atoms with van der Waals surface area (Å²) in [5.74, 6) is 2.05. The summed E-state index contributed by atoms with van der Waals surface area (Å²) in [5, 5.41) is 5.43. The van der Waals surface area contributed by atoms with Crippen molar-refractivity contribution in [1.29, 1.82) is 0 Å². The Kier molecular flexibility index (Phi) is 3.78. The molecule has 0 amide bonds. The summed E-state index contributed by atoms with van der Waals surface area (Å²) in [6.45, 7) is 3.63. The molecular weight excluding hydrogens is 270 g/mol. The second-order valence-electron chi connectivity index (χ2n) is 5.23. The van der Waals surface area contributed by atoms with Crippen LogP contribution in [0.2, 0.25) is 0 Å². The number of thiophene rings is 1. The van der Waals surface area contributed by atoms with E-state index in [1.807, 2.05) is 12.1 Å². The fraction of sp³-hybridized carbons (Fsp3) is 0.400. The highest BCUT2D eigenvalue weighted by atomic mass is 32.1. The highest BCUT2D eigenvalue weighted by Crippen LogP contribution is 2.30. The zero-order valence-electron chi connectivity index (χ0n) is 11.6. The number of ether oxygens (including phenoxy) is 1. The highest BCUT2D eigenvalue weighted by Gasteiger charge is 2.22. The van der Waals surface area contributed by atoms with Crippen LogP contribution in [-0.2, 0) is 6.54 Å². The van der Waals surface area contributed by atoms with Crippen molar-refractivity contribution in [2.75, 3.05) is 17.7 Å². The molecule has 0 spiro atoms. The Morgan fingerprint density at radius 3 is 2.95 bits per heavy atom. The maximum atomic E-state index is 5.90. The van der Waals surface area contributed by atoms with Crippen molar-refractivity contribution in [3.63, 3.8) is 0 Å². The molecule has 5 heteroatoms. The van der Waals surface area contributed by atoms with E-state index in [9.17, 15) is 0 Å². The molecule has 106 valence electrons. The number of nitrogens with two attached hydrogens (primary N) is 1. The molecule has 1 fully saturated rings. The van der Waals surface area contributed by atoms with E-state index in [0.717, 1.165) is 19.0 Å². The van der Waals surface area contributed by atoms with Crippen LogP contribution in [0, 0.1) is 12.8 Å². The molecule has 2 aromatic heterocycles. The lowest BCUT2D eigenvalue weighted by Gasteiger charge is -2.10. The first-order chi connectivity index (χ1) is 9.72. The minimum Gasteiger partial charge on any atom is -0.476 e. The zero-order chi connectivity index (χ0) is 13.9. The molecule has 2 heterocycles. The van der Waals surface area contributed by atoms with E-state index < -0.39 is 0 Å². The molecule has 4 nitrogen and oxygen atoms in total. The normalized spacial score (nSPS) is 14.2. The van der Waals surface area contributed by atoms with Crippen LogP contribution in [0.15, 0.2) is 23.6 Å². The molecule has 20 heavy (non-hydrogen) atoms. The highest BCUT2D eigenvalue weighted by molar-refractivity contribution is 7.10. The number of hydrogen-bond donors (Lipinski definition) is 2. The molecule has 0 bridgehead atoms. The van der Waals surface area contributed by atoms with Gasteiger partial charge in [0.25, 0.3) is 0 Å². The summed E-state index contributed by atoms with van der Waals surface area (Å²) in [5.41, 5.74) is 7.81. The van der Waals surface area contributed by atoms with E-state index in [0.29, 0.717) is 17.5 Å². The Labute approximate surface area is 123 Å². The van der Waals surface area contributed by atoms with Crippen LogP contribution in [0.5, 0.6) is 5.88 Å². The minimum absolute atomic E-state index is 0.546. The molecular formula is C15H19N3OS. The van der Waals surface area contributed by atoms with Gasteiger partial charge in [0.1, 0.15) is 5.82 Å². The van der Waals surface area contributed by atoms with Gasteiger partial charge in [-0.2, -0.15) is 4.98 Å². The van der Waals surface area contributed by atoms with Gasteiger partial charge in [0.05, 0.1) is 18.8 Å². The maximum absolute atomic E-state index is 5.90. The second-order valence-corrected chi connectivity index (χ2v) is 6.23. The fourth-order valence-corrected chi connectivity index (χ4v) is 2.75. The molecule has 3 N–H and O–H groups in total. The Bertz CT molecular complexity index is 593. The average molecular weight is 289 g/mol. The number of nitrogens with zero attached hydrogens (tertiary/aromatic N) is 1. The predicted molar refractivity (Wildman–Crippen MR) is 83.3 cm³/mol. The third kappa shape index (κ3) is 3.22. The zero-order valence-corrected chi connectivity index (χ0v) is 12.4. The lowest BCUT2D eigenvalue weighted by atomic mass is 10.3. The molecule has 3 rings (SSSR count). The Hall–Kier alpha value is -1.75. The van der Waals surface area contributed by atoms with Gasteiger partial charge in [-0.15, -0.1) is 11.3 Å². The summed E-state index contributed by atoms with van der Waals surface area (Å²) in [4.78, 5) is 5.77. The summed E-state index contributed by atoms with van der Waals surface area (Å²) < 4.78 is 5.69. The van der Waals surface area contributed by atoms with Crippen molar-refractivity contribution in [3.8, 4) is 5.88 Å². The van der Waals surface area contributed by atoms with E-state index in [4.69, 9.17) is 10.5 Å². The molecule has 1 saturated carbocycles.